The molecule has 9 heteroatoms. The highest BCUT2D eigenvalue weighted by Crippen LogP contribution is 2.24. The van der Waals surface area contributed by atoms with Gasteiger partial charge in [0.2, 0.25) is 15.9 Å². The van der Waals surface area contributed by atoms with Gasteiger partial charge in [-0.15, -0.1) is 0 Å². The van der Waals surface area contributed by atoms with Crippen molar-refractivity contribution in [2.45, 2.75) is 24.3 Å². The third-order valence-corrected chi connectivity index (χ3v) is 6.93. The molecule has 0 spiro atoms. The van der Waals surface area contributed by atoms with Crippen molar-refractivity contribution in [3.63, 3.8) is 0 Å². The smallest absolute Gasteiger partial charge is 0.337 e. The molecule has 0 bridgehead atoms. The monoisotopic (exact) mass is 434 g/mol. The van der Waals surface area contributed by atoms with Crippen molar-refractivity contribution in [3.8, 4) is 0 Å². The molecular weight excluding hydrogens is 411 g/mol. The van der Waals surface area contributed by atoms with Gasteiger partial charge in [0.25, 0.3) is 0 Å². The van der Waals surface area contributed by atoms with Gasteiger partial charge in [-0.3, -0.25) is 4.79 Å². The summed E-state index contributed by atoms with van der Waals surface area (Å²) in [4.78, 5) is 24.1. The second-order valence-electron chi connectivity index (χ2n) is 7.06. The number of benzene rings is 2. The molecule has 0 aliphatic carbocycles. The van der Waals surface area contributed by atoms with Gasteiger partial charge < -0.3 is 10.1 Å². The van der Waals surface area contributed by atoms with E-state index in [0.717, 1.165) is 17.7 Å². The number of hydrogen-bond donors (Lipinski definition) is 1. The number of carbonyl (C=O) groups excluding carboxylic acids is 2. The van der Waals surface area contributed by atoms with E-state index in [1.165, 1.54) is 23.5 Å². The average Bonchev–Trinajstić information content (AvgIpc) is 2.77. The maximum atomic E-state index is 13.1. The van der Waals surface area contributed by atoms with Gasteiger partial charge in [0.05, 0.1) is 23.5 Å². The van der Waals surface area contributed by atoms with E-state index < -0.39 is 27.7 Å². The van der Waals surface area contributed by atoms with Gasteiger partial charge >= 0.3 is 5.97 Å². The maximum absolute atomic E-state index is 13.1. The predicted molar refractivity (Wildman–Crippen MR) is 108 cm³/mol. The number of rotatable bonds is 6. The van der Waals surface area contributed by atoms with Crippen LogP contribution in [0.15, 0.2) is 53.4 Å². The van der Waals surface area contributed by atoms with Gasteiger partial charge in [-0.05, 0) is 54.8 Å². The first-order valence-electron chi connectivity index (χ1n) is 9.52. The Labute approximate surface area is 174 Å². The standard InChI is InChI=1S/C21H23FN2O5S/c1-29-21(26)16-6-4-15(5-7-16)13-23-20(25)17-3-2-12-24(14-17)30(27,28)19-10-8-18(22)9-11-19/h4-11,17H,2-3,12-14H2,1H3,(H,23,25). The highest BCUT2D eigenvalue weighted by atomic mass is 32.2. The fraction of sp³-hybridized carbons (Fsp3) is 0.333. The third kappa shape index (κ3) is 5.03. The summed E-state index contributed by atoms with van der Waals surface area (Å²) in [6, 6.07) is 11.3. The number of carbonyl (C=O) groups is 2. The van der Waals surface area contributed by atoms with Crippen molar-refractivity contribution >= 4 is 21.9 Å². The molecule has 2 aromatic rings. The van der Waals surface area contributed by atoms with Crippen molar-refractivity contribution in [3.05, 3.63) is 65.5 Å². The van der Waals surface area contributed by atoms with Crippen LogP contribution in [0.25, 0.3) is 0 Å². The molecule has 1 atom stereocenters. The van der Waals surface area contributed by atoms with E-state index in [9.17, 15) is 22.4 Å². The van der Waals surface area contributed by atoms with Gasteiger partial charge in [0, 0.05) is 19.6 Å². The molecule has 1 heterocycles. The minimum Gasteiger partial charge on any atom is -0.465 e. The molecule has 3 rings (SSSR count). The summed E-state index contributed by atoms with van der Waals surface area (Å²) in [7, 11) is -2.48. The lowest BCUT2D eigenvalue weighted by Gasteiger charge is -2.31. The SMILES string of the molecule is COC(=O)c1ccc(CNC(=O)C2CCCN(S(=O)(=O)c3ccc(F)cc3)C2)cc1. The zero-order valence-electron chi connectivity index (χ0n) is 16.5. The first kappa shape index (κ1) is 21.9. The molecule has 1 N–H and O–H groups in total. The van der Waals surface area contributed by atoms with Crippen LogP contribution < -0.4 is 5.32 Å². The fourth-order valence-electron chi connectivity index (χ4n) is 3.34. The molecule has 1 aliphatic heterocycles. The van der Waals surface area contributed by atoms with E-state index >= 15 is 0 Å². The minimum atomic E-state index is -3.78. The minimum absolute atomic E-state index is 0.00986. The number of piperidine rings is 1. The van der Waals surface area contributed by atoms with E-state index in [1.54, 1.807) is 24.3 Å². The third-order valence-electron chi connectivity index (χ3n) is 5.05. The van der Waals surface area contributed by atoms with Gasteiger partial charge in [-0.25, -0.2) is 17.6 Å². The summed E-state index contributed by atoms with van der Waals surface area (Å²) in [5.74, 6) is -1.64. The van der Waals surface area contributed by atoms with Crippen LogP contribution >= 0.6 is 0 Å². The van der Waals surface area contributed by atoms with E-state index in [4.69, 9.17) is 0 Å². The lowest BCUT2D eigenvalue weighted by Crippen LogP contribution is -2.45. The molecule has 1 saturated heterocycles. The normalized spacial score (nSPS) is 17.3. The van der Waals surface area contributed by atoms with Crippen LogP contribution in [0.4, 0.5) is 4.39 Å². The second kappa shape index (κ2) is 9.36. The number of hydrogen-bond acceptors (Lipinski definition) is 5. The lowest BCUT2D eigenvalue weighted by atomic mass is 9.98. The van der Waals surface area contributed by atoms with E-state index in [2.05, 4.69) is 10.1 Å². The molecule has 1 unspecified atom stereocenters. The zero-order chi connectivity index (χ0) is 21.7. The number of esters is 1. The molecule has 0 aromatic heterocycles. The van der Waals surface area contributed by atoms with Crippen LogP contribution in [0.2, 0.25) is 0 Å². The molecule has 0 saturated carbocycles. The topological polar surface area (TPSA) is 92.8 Å². The molecule has 1 aliphatic rings. The Morgan fingerprint density at radius 1 is 1.13 bits per heavy atom. The molecule has 7 nitrogen and oxygen atoms in total. The Balaban J connectivity index is 1.60. The molecular formula is C21H23FN2O5S. The number of methoxy groups -OCH3 is 1. The summed E-state index contributed by atoms with van der Waals surface area (Å²) in [5, 5.41) is 2.82. The fourth-order valence-corrected chi connectivity index (χ4v) is 4.86. The second-order valence-corrected chi connectivity index (χ2v) is 9.00. The van der Waals surface area contributed by atoms with Gasteiger partial charge in [-0.1, -0.05) is 12.1 Å². The molecule has 160 valence electrons. The number of nitrogens with zero attached hydrogens (tertiary/aromatic N) is 1. The van der Waals surface area contributed by atoms with Crippen molar-refractivity contribution in [2.24, 2.45) is 5.92 Å². The van der Waals surface area contributed by atoms with Gasteiger partial charge in [-0.2, -0.15) is 4.31 Å². The van der Waals surface area contributed by atoms with Crippen LogP contribution in [0.1, 0.15) is 28.8 Å². The highest BCUT2D eigenvalue weighted by molar-refractivity contribution is 7.89. The highest BCUT2D eigenvalue weighted by Gasteiger charge is 2.33. The zero-order valence-corrected chi connectivity index (χ0v) is 17.3. The van der Waals surface area contributed by atoms with Crippen LogP contribution in [-0.4, -0.2) is 44.8 Å². The van der Waals surface area contributed by atoms with Gasteiger partial charge in [0.15, 0.2) is 0 Å². The lowest BCUT2D eigenvalue weighted by molar-refractivity contribution is -0.126. The van der Waals surface area contributed by atoms with E-state index in [-0.39, 0.29) is 23.9 Å². The first-order valence-corrected chi connectivity index (χ1v) is 11.0. The summed E-state index contributed by atoms with van der Waals surface area (Å²) in [5.41, 5.74) is 1.23. The Hall–Kier alpha value is -2.78. The Bertz CT molecular complexity index is 1010. The number of ether oxygens (including phenoxy) is 1. The predicted octanol–water partition coefficient (Wildman–Crippen LogP) is 2.33. The van der Waals surface area contributed by atoms with Crippen LogP contribution in [0.5, 0.6) is 0 Å². The largest absolute Gasteiger partial charge is 0.465 e. The molecule has 1 amide bonds. The Morgan fingerprint density at radius 2 is 1.80 bits per heavy atom. The quantitative estimate of drug-likeness (QED) is 0.705. The van der Waals surface area contributed by atoms with Crippen molar-refractivity contribution in [1.82, 2.24) is 9.62 Å². The summed E-state index contributed by atoms with van der Waals surface area (Å²) >= 11 is 0. The summed E-state index contributed by atoms with van der Waals surface area (Å²) < 4.78 is 44.6. The van der Waals surface area contributed by atoms with Crippen LogP contribution in [0, 0.1) is 11.7 Å². The molecule has 1 fully saturated rings. The Kier molecular flexibility index (Phi) is 6.84. The number of amides is 1. The Morgan fingerprint density at radius 3 is 2.43 bits per heavy atom. The van der Waals surface area contributed by atoms with Crippen LogP contribution in [-0.2, 0) is 26.1 Å². The summed E-state index contributed by atoms with van der Waals surface area (Å²) in [6.45, 7) is 0.660. The van der Waals surface area contributed by atoms with Crippen molar-refractivity contribution in [1.29, 1.82) is 0 Å². The summed E-state index contributed by atoms with van der Waals surface area (Å²) in [6.07, 6.45) is 1.15. The maximum Gasteiger partial charge on any atom is 0.337 e. The van der Waals surface area contributed by atoms with Crippen molar-refractivity contribution in [2.75, 3.05) is 20.2 Å². The average molecular weight is 434 g/mol. The number of nitrogens with one attached hydrogen (secondary N) is 1. The van der Waals surface area contributed by atoms with E-state index in [0.29, 0.717) is 24.9 Å². The van der Waals surface area contributed by atoms with E-state index in [1.807, 2.05) is 0 Å². The van der Waals surface area contributed by atoms with Crippen LogP contribution in [0.3, 0.4) is 0 Å². The molecule has 30 heavy (non-hydrogen) atoms. The molecule has 0 radical (unpaired) electrons. The number of halogens is 1. The van der Waals surface area contributed by atoms with Crippen molar-refractivity contribution < 1.29 is 27.1 Å². The molecule has 2 aromatic carbocycles. The first-order chi connectivity index (χ1) is 14.3. The number of sulfonamides is 1. The van der Waals surface area contributed by atoms with Gasteiger partial charge in [0.1, 0.15) is 5.82 Å².